The Morgan fingerprint density at radius 2 is 1.29 bits per heavy atom. The van der Waals surface area contributed by atoms with Crippen LogP contribution >= 0.6 is 0 Å². The highest BCUT2D eigenvalue weighted by Gasteiger charge is 2.20. The molecule has 0 spiro atoms. The molecule has 0 aliphatic heterocycles. The molecule has 5 heteroatoms. The molecular formula is C16H26O3S2. The third-order valence-corrected chi connectivity index (χ3v) is 7.30. The molecule has 2 unspecified atom stereocenters. The quantitative estimate of drug-likeness (QED) is 0.834. The molecule has 2 atom stereocenters. The molecule has 1 aromatic rings. The van der Waals surface area contributed by atoms with Crippen LogP contribution in [0, 0.1) is 40.5 Å². The topological polar surface area (TPSA) is 51.2 Å². The first-order valence-corrected chi connectivity index (χ1v) is 10.5. The van der Waals surface area contributed by atoms with E-state index in [0.717, 1.165) is 16.0 Å². The van der Waals surface area contributed by atoms with Gasteiger partial charge in [-0.15, -0.1) is 0 Å². The normalized spacial score (nSPS) is 15.0. The lowest BCUT2D eigenvalue weighted by Crippen LogP contribution is -2.19. The lowest BCUT2D eigenvalue weighted by molar-refractivity contribution is 0.588. The lowest BCUT2D eigenvalue weighted by Gasteiger charge is -2.19. The van der Waals surface area contributed by atoms with Crippen molar-refractivity contribution in [1.29, 1.82) is 0 Å². The van der Waals surface area contributed by atoms with Crippen LogP contribution in [0.3, 0.4) is 0 Å². The largest absolute Gasteiger partial charge is 0.254 e. The first-order chi connectivity index (χ1) is 9.45. The fourth-order valence-electron chi connectivity index (χ4n) is 2.71. The summed E-state index contributed by atoms with van der Waals surface area (Å²) in [6.07, 6.45) is 1.23. The third kappa shape index (κ3) is 4.39. The second-order valence-corrected chi connectivity index (χ2v) is 9.78. The highest BCUT2D eigenvalue weighted by molar-refractivity contribution is 7.90. The molecule has 0 fully saturated rings. The zero-order chi connectivity index (χ0) is 16.5. The molecule has 3 nitrogen and oxygen atoms in total. The van der Waals surface area contributed by atoms with Crippen molar-refractivity contribution in [2.45, 2.75) is 46.4 Å². The van der Waals surface area contributed by atoms with Gasteiger partial charge >= 0.3 is 0 Å². The number of rotatable bonds is 5. The van der Waals surface area contributed by atoms with Gasteiger partial charge in [-0.3, -0.25) is 4.21 Å². The molecule has 0 aromatic heterocycles. The molecule has 21 heavy (non-hydrogen) atoms. The predicted octanol–water partition coefficient (Wildman–Crippen LogP) is 3.02. The number of hydrogen-bond acceptors (Lipinski definition) is 3. The molecular weight excluding hydrogens is 304 g/mol. The van der Waals surface area contributed by atoms with Gasteiger partial charge in [0.25, 0.3) is 0 Å². The Hall–Kier alpha value is -0.680. The Bertz CT molecular complexity index is 644. The van der Waals surface area contributed by atoms with Crippen LogP contribution in [0.5, 0.6) is 0 Å². The average molecular weight is 331 g/mol. The van der Waals surface area contributed by atoms with Crippen molar-refractivity contribution in [3.63, 3.8) is 0 Å². The van der Waals surface area contributed by atoms with Crippen LogP contribution in [-0.4, -0.2) is 30.4 Å². The molecule has 0 heterocycles. The number of benzene rings is 1. The standard InChI is InChI=1S/C16H26O3S2/c1-10(9-21(7,18)19)8-20(17)16-14(5)12(3)11(2)13(4)15(16)6/h10H,8-9H2,1-7H3. The summed E-state index contributed by atoms with van der Waals surface area (Å²) in [5, 5.41) is 0. The van der Waals surface area contributed by atoms with E-state index >= 15 is 0 Å². The van der Waals surface area contributed by atoms with Gasteiger partial charge in [0.15, 0.2) is 0 Å². The van der Waals surface area contributed by atoms with E-state index < -0.39 is 20.6 Å². The van der Waals surface area contributed by atoms with E-state index in [0.29, 0.717) is 5.75 Å². The van der Waals surface area contributed by atoms with Crippen molar-refractivity contribution < 1.29 is 12.6 Å². The van der Waals surface area contributed by atoms with E-state index in [1.807, 2.05) is 20.8 Å². The van der Waals surface area contributed by atoms with Crippen LogP contribution in [0.4, 0.5) is 0 Å². The SMILES string of the molecule is Cc1c(C)c(C)c(S(=O)CC(C)CS(C)(=O)=O)c(C)c1C. The van der Waals surface area contributed by atoms with Gasteiger partial charge in [-0.25, -0.2) is 8.42 Å². The minimum Gasteiger partial charge on any atom is -0.254 e. The van der Waals surface area contributed by atoms with Crippen LogP contribution in [0.2, 0.25) is 0 Å². The molecule has 120 valence electrons. The summed E-state index contributed by atoms with van der Waals surface area (Å²) in [6, 6.07) is 0. The fourth-order valence-corrected chi connectivity index (χ4v) is 5.81. The fraction of sp³-hybridized carbons (Fsp3) is 0.625. The van der Waals surface area contributed by atoms with Gasteiger partial charge in [0.05, 0.1) is 16.6 Å². The molecule has 1 rings (SSSR count). The van der Waals surface area contributed by atoms with Gasteiger partial charge in [0, 0.05) is 16.9 Å². The van der Waals surface area contributed by atoms with Crippen molar-refractivity contribution in [3.8, 4) is 0 Å². The molecule has 0 bridgehead atoms. The second-order valence-electron chi connectivity index (χ2n) is 6.16. The maximum absolute atomic E-state index is 12.7. The Morgan fingerprint density at radius 3 is 1.67 bits per heavy atom. The van der Waals surface area contributed by atoms with E-state index in [4.69, 9.17) is 0 Å². The summed E-state index contributed by atoms with van der Waals surface area (Å²) in [7, 11) is -4.19. The van der Waals surface area contributed by atoms with Crippen molar-refractivity contribution in [1.82, 2.24) is 0 Å². The maximum atomic E-state index is 12.7. The Balaban J connectivity index is 3.15. The Labute approximate surface area is 131 Å². The smallest absolute Gasteiger partial charge is 0.147 e. The molecule has 0 aliphatic rings. The highest BCUT2D eigenvalue weighted by Crippen LogP contribution is 2.29. The highest BCUT2D eigenvalue weighted by atomic mass is 32.2. The van der Waals surface area contributed by atoms with Crippen molar-refractivity contribution in [2.24, 2.45) is 5.92 Å². The van der Waals surface area contributed by atoms with Gasteiger partial charge in [-0.2, -0.15) is 0 Å². The van der Waals surface area contributed by atoms with E-state index in [1.165, 1.54) is 22.9 Å². The Kier molecular flexibility index (Phi) is 5.78. The van der Waals surface area contributed by atoms with Gasteiger partial charge in [-0.1, -0.05) is 6.92 Å². The summed E-state index contributed by atoms with van der Waals surface area (Å²) < 4.78 is 35.4. The molecule has 0 N–H and O–H groups in total. The monoisotopic (exact) mass is 330 g/mol. The van der Waals surface area contributed by atoms with Crippen LogP contribution in [0.25, 0.3) is 0 Å². The number of hydrogen-bond donors (Lipinski definition) is 0. The first-order valence-electron chi connectivity index (χ1n) is 7.08. The van der Waals surface area contributed by atoms with Gasteiger partial charge < -0.3 is 0 Å². The van der Waals surface area contributed by atoms with Gasteiger partial charge in [-0.05, 0) is 68.4 Å². The molecule has 1 aromatic carbocycles. The zero-order valence-electron chi connectivity index (χ0n) is 14.0. The van der Waals surface area contributed by atoms with E-state index in [2.05, 4.69) is 20.8 Å². The summed E-state index contributed by atoms with van der Waals surface area (Å²) in [5.41, 5.74) is 5.74. The molecule has 0 amide bonds. The average Bonchev–Trinajstić information content (AvgIpc) is 2.31. The van der Waals surface area contributed by atoms with Crippen LogP contribution in [0.15, 0.2) is 4.90 Å². The minimum absolute atomic E-state index is 0.0840. The molecule has 0 radical (unpaired) electrons. The predicted molar refractivity (Wildman–Crippen MR) is 90.3 cm³/mol. The molecule has 0 saturated heterocycles. The van der Waals surface area contributed by atoms with Crippen molar-refractivity contribution >= 4 is 20.6 Å². The summed E-state index contributed by atoms with van der Waals surface area (Å²) in [5.74, 6) is 0.360. The van der Waals surface area contributed by atoms with Crippen molar-refractivity contribution in [3.05, 3.63) is 27.8 Å². The maximum Gasteiger partial charge on any atom is 0.147 e. The van der Waals surface area contributed by atoms with Crippen molar-refractivity contribution in [2.75, 3.05) is 17.8 Å². The van der Waals surface area contributed by atoms with E-state index in [-0.39, 0.29) is 11.7 Å². The molecule has 0 aliphatic carbocycles. The summed E-state index contributed by atoms with van der Waals surface area (Å²) in [6.45, 7) is 12.0. The zero-order valence-corrected chi connectivity index (χ0v) is 15.7. The second kappa shape index (κ2) is 6.61. The lowest BCUT2D eigenvalue weighted by atomic mass is 9.95. The van der Waals surface area contributed by atoms with Crippen LogP contribution in [-0.2, 0) is 20.6 Å². The minimum atomic E-state index is -3.03. The number of sulfone groups is 1. The Morgan fingerprint density at radius 1 is 0.905 bits per heavy atom. The van der Waals surface area contributed by atoms with Gasteiger partial charge in [0.1, 0.15) is 9.84 Å². The van der Waals surface area contributed by atoms with Crippen LogP contribution < -0.4 is 0 Å². The van der Waals surface area contributed by atoms with E-state index in [1.54, 1.807) is 0 Å². The molecule has 0 saturated carbocycles. The summed E-state index contributed by atoms with van der Waals surface area (Å²) in [4.78, 5) is 0.885. The third-order valence-electron chi connectivity index (χ3n) is 4.18. The van der Waals surface area contributed by atoms with E-state index in [9.17, 15) is 12.6 Å². The first kappa shape index (κ1) is 18.4. The summed E-state index contributed by atoms with van der Waals surface area (Å²) >= 11 is 0. The van der Waals surface area contributed by atoms with Gasteiger partial charge in [0.2, 0.25) is 0 Å². The van der Waals surface area contributed by atoms with Crippen LogP contribution in [0.1, 0.15) is 34.7 Å².